The maximum absolute atomic E-state index is 13.4. The minimum atomic E-state index is -3.51. The van der Waals surface area contributed by atoms with Gasteiger partial charge >= 0.3 is 0 Å². The molecule has 1 aliphatic heterocycles. The normalized spacial score (nSPS) is 18.4. The van der Waals surface area contributed by atoms with Crippen LogP contribution in [-0.4, -0.2) is 43.8 Å². The van der Waals surface area contributed by atoms with Crippen molar-refractivity contribution in [3.63, 3.8) is 0 Å². The van der Waals surface area contributed by atoms with Crippen molar-refractivity contribution in [3.8, 4) is 0 Å². The van der Waals surface area contributed by atoms with Gasteiger partial charge in [-0.05, 0) is 66.8 Å². The molecule has 0 amide bonds. The van der Waals surface area contributed by atoms with Crippen molar-refractivity contribution in [2.45, 2.75) is 50.0 Å². The molecule has 3 aromatic carbocycles. The van der Waals surface area contributed by atoms with E-state index in [4.69, 9.17) is 0 Å². The Hall–Kier alpha value is -2.21. The van der Waals surface area contributed by atoms with E-state index in [0.29, 0.717) is 24.0 Å². The van der Waals surface area contributed by atoms with E-state index in [1.807, 2.05) is 43.3 Å². The van der Waals surface area contributed by atoms with E-state index >= 15 is 0 Å². The summed E-state index contributed by atoms with van der Waals surface area (Å²) in [7, 11) is -3.51. The Morgan fingerprint density at radius 1 is 0.938 bits per heavy atom. The summed E-state index contributed by atoms with van der Waals surface area (Å²) in [6.45, 7) is 5.17. The molecule has 32 heavy (non-hydrogen) atoms. The average Bonchev–Trinajstić information content (AvgIpc) is 3.26. The molecule has 1 atom stereocenters. The Bertz CT molecular complexity index is 1220. The zero-order valence-electron chi connectivity index (χ0n) is 18.8. The molecule has 5 rings (SSSR count). The first-order valence-corrected chi connectivity index (χ1v) is 13.4. The quantitative estimate of drug-likeness (QED) is 0.446. The van der Waals surface area contributed by atoms with E-state index in [2.05, 4.69) is 23.1 Å². The first-order chi connectivity index (χ1) is 15.6. The van der Waals surface area contributed by atoms with Crippen molar-refractivity contribution in [2.75, 3.05) is 26.2 Å². The van der Waals surface area contributed by atoms with Crippen LogP contribution in [0, 0.1) is 0 Å². The van der Waals surface area contributed by atoms with Gasteiger partial charge < -0.3 is 0 Å². The van der Waals surface area contributed by atoms with Crippen LogP contribution in [0.4, 0.5) is 0 Å². The summed E-state index contributed by atoms with van der Waals surface area (Å²) in [5.74, 6) is 0. The zero-order chi connectivity index (χ0) is 22.1. The summed E-state index contributed by atoms with van der Waals surface area (Å²) in [6, 6.07) is 20.6. The highest BCUT2D eigenvalue weighted by Gasteiger charge is 2.33. The lowest BCUT2D eigenvalue weighted by atomic mass is 9.93. The second-order valence-electron chi connectivity index (χ2n) is 9.01. The van der Waals surface area contributed by atoms with Crippen molar-refractivity contribution in [1.82, 2.24) is 9.21 Å². The summed E-state index contributed by atoms with van der Waals surface area (Å²) in [6.07, 6.45) is 5.46. The summed E-state index contributed by atoms with van der Waals surface area (Å²) < 4.78 is 28.5. The van der Waals surface area contributed by atoms with Gasteiger partial charge in [-0.2, -0.15) is 4.31 Å². The molecule has 1 unspecified atom stereocenters. The first kappa shape index (κ1) is 21.6. The Kier molecular flexibility index (Phi) is 6.06. The molecule has 0 saturated heterocycles. The first-order valence-electron chi connectivity index (χ1n) is 11.9. The molecule has 0 spiro atoms. The number of unbranched alkanes of at least 4 members (excludes halogenated alkanes) is 1. The Morgan fingerprint density at radius 3 is 2.53 bits per heavy atom. The maximum Gasteiger partial charge on any atom is 0.243 e. The molecule has 168 valence electrons. The highest BCUT2D eigenvalue weighted by Crippen LogP contribution is 2.41. The molecule has 5 heteroatoms. The lowest BCUT2D eigenvalue weighted by molar-refractivity contribution is 0.181. The molecule has 2 aliphatic rings. The monoisotopic (exact) mass is 448 g/mol. The van der Waals surface area contributed by atoms with Crippen LogP contribution in [0.25, 0.3) is 10.8 Å². The molecule has 4 nitrogen and oxygen atoms in total. The van der Waals surface area contributed by atoms with Gasteiger partial charge in [0.2, 0.25) is 10.0 Å². The molecule has 0 bridgehead atoms. The van der Waals surface area contributed by atoms with Gasteiger partial charge in [0.05, 0.1) is 4.90 Å². The predicted molar refractivity (Wildman–Crippen MR) is 130 cm³/mol. The fourth-order valence-electron chi connectivity index (χ4n) is 5.63. The van der Waals surface area contributed by atoms with Gasteiger partial charge in [-0.25, -0.2) is 8.42 Å². The largest absolute Gasteiger partial charge is 0.296 e. The molecule has 1 heterocycles. The number of nitrogens with zero attached hydrogens (tertiary/aromatic N) is 2. The Balaban J connectivity index is 1.23. The van der Waals surface area contributed by atoms with Crippen LogP contribution in [0.15, 0.2) is 65.6 Å². The van der Waals surface area contributed by atoms with Gasteiger partial charge in [-0.1, -0.05) is 61.5 Å². The van der Waals surface area contributed by atoms with E-state index in [0.717, 1.165) is 43.1 Å². The molecule has 0 fully saturated rings. The third-order valence-corrected chi connectivity index (χ3v) is 9.27. The van der Waals surface area contributed by atoms with Gasteiger partial charge in [0.15, 0.2) is 0 Å². The van der Waals surface area contributed by atoms with Gasteiger partial charge in [-0.15, -0.1) is 0 Å². The van der Waals surface area contributed by atoms with Crippen LogP contribution in [-0.2, 0) is 22.9 Å². The standard InChI is InChI=1S/C27H32N2O2S/c1-2-29(32(30,31)26-14-8-10-21-9-3-4-13-24(21)26)19-6-5-18-28-20-17-23-12-7-11-22-15-16-25(28)27(22)23/h3-4,7-14,25H,2,5-6,15-20H2,1H3. The van der Waals surface area contributed by atoms with E-state index in [-0.39, 0.29) is 0 Å². The SMILES string of the molecule is CCN(CCCCN1CCc2cccc3c2C1CC3)S(=O)(=O)c1cccc2ccccc12. The third kappa shape index (κ3) is 3.87. The van der Waals surface area contributed by atoms with Crippen molar-refractivity contribution < 1.29 is 8.42 Å². The second kappa shape index (κ2) is 8.97. The number of hydrogen-bond acceptors (Lipinski definition) is 3. The van der Waals surface area contributed by atoms with Crippen LogP contribution in [0.1, 0.15) is 48.9 Å². The van der Waals surface area contributed by atoms with Crippen LogP contribution in [0.2, 0.25) is 0 Å². The summed E-state index contributed by atoms with van der Waals surface area (Å²) in [5.41, 5.74) is 4.67. The van der Waals surface area contributed by atoms with E-state index in [1.54, 1.807) is 21.5 Å². The van der Waals surface area contributed by atoms with Crippen molar-refractivity contribution in [1.29, 1.82) is 0 Å². The number of aryl methyl sites for hydroxylation is 1. The fourth-order valence-corrected chi connectivity index (χ4v) is 7.33. The van der Waals surface area contributed by atoms with Gasteiger partial charge in [-0.3, -0.25) is 4.90 Å². The molecule has 1 aliphatic carbocycles. The number of rotatable bonds is 8. The summed E-state index contributed by atoms with van der Waals surface area (Å²) >= 11 is 0. The van der Waals surface area contributed by atoms with Crippen LogP contribution < -0.4 is 0 Å². The lowest BCUT2D eigenvalue weighted by Crippen LogP contribution is -2.36. The molecule has 3 aromatic rings. The smallest absolute Gasteiger partial charge is 0.243 e. The van der Waals surface area contributed by atoms with Gasteiger partial charge in [0.1, 0.15) is 0 Å². The molecule has 0 saturated carbocycles. The molecular formula is C27H32N2O2S. The van der Waals surface area contributed by atoms with Gasteiger partial charge in [0, 0.05) is 31.1 Å². The molecule has 0 radical (unpaired) electrons. The van der Waals surface area contributed by atoms with Gasteiger partial charge in [0.25, 0.3) is 0 Å². The Labute approximate surface area is 191 Å². The highest BCUT2D eigenvalue weighted by molar-refractivity contribution is 7.89. The zero-order valence-corrected chi connectivity index (χ0v) is 19.7. The minimum Gasteiger partial charge on any atom is -0.296 e. The molecule has 0 N–H and O–H groups in total. The van der Waals surface area contributed by atoms with Crippen LogP contribution in [0.3, 0.4) is 0 Å². The number of sulfonamides is 1. The van der Waals surface area contributed by atoms with Crippen molar-refractivity contribution >= 4 is 20.8 Å². The number of hydrogen-bond donors (Lipinski definition) is 0. The highest BCUT2D eigenvalue weighted by atomic mass is 32.2. The average molecular weight is 449 g/mol. The third-order valence-electron chi connectivity index (χ3n) is 7.24. The summed E-state index contributed by atoms with van der Waals surface area (Å²) in [5, 5.41) is 1.77. The summed E-state index contributed by atoms with van der Waals surface area (Å²) in [4.78, 5) is 3.05. The van der Waals surface area contributed by atoms with E-state index in [1.165, 1.54) is 18.4 Å². The maximum atomic E-state index is 13.4. The fraction of sp³-hybridized carbons (Fsp3) is 0.407. The lowest BCUT2D eigenvalue weighted by Gasteiger charge is -2.35. The number of fused-ring (bicyclic) bond motifs is 1. The van der Waals surface area contributed by atoms with Crippen molar-refractivity contribution in [3.05, 3.63) is 77.4 Å². The topological polar surface area (TPSA) is 40.6 Å². The Morgan fingerprint density at radius 2 is 1.69 bits per heavy atom. The minimum absolute atomic E-state index is 0.420. The van der Waals surface area contributed by atoms with E-state index in [9.17, 15) is 8.42 Å². The second-order valence-corrected chi connectivity index (χ2v) is 10.9. The van der Waals surface area contributed by atoms with E-state index < -0.39 is 10.0 Å². The molecule has 0 aromatic heterocycles. The number of benzene rings is 3. The van der Waals surface area contributed by atoms with Crippen molar-refractivity contribution in [2.24, 2.45) is 0 Å². The predicted octanol–water partition coefficient (Wildman–Crippen LogP) is 5.18. The molecular weight excluding hydrogens is 416 g/mol. The van der Waals surface area contributed by atoms with Crippen LogP contribution in [0.5, 0.6) is 0 Å². The van der Waals surface area contributed by atoms with Crippen LogP contribution >= 0.6 is 0 Å².